The quantitative estimate of drug-likeness (QED) is 0.850. The number of hydrogen-bond donors (Lipinski definition) is 1. The highest BCUT2D eigenvalue weighted by Crippen LogP contribution is 2.24. The number of carbonyl (C=O) groups is 1. The van der Waals surface area contributed by atoms with Crippen molar-refractivity contribution in [1.29, 1.82) is 0 Å². The Labute approximate surface area is 95.6 Å². The molecule has 1 aromatic carbocycles. The molecular formula is C11H10BrNO2. The molecule has 2 aromatic rings. The molecule has 2 rings (SSSR count). The van der Waals surface area contributed by atoms with Crippen LogP contribution in [-0.4, -0.2) is 17.6 Å². The fourth-order valence-corrected chi connectivity index (χ4v) is 2.05. The summed E-state index contributed by atoms with van der Waals surface area (Å²) in [4.78, 5) is 14.6. The van der Waals surface area contributed by atoms with Crippen LogP contribution in [0.5, 0.6) is 0 Å². The van der Waals surface area contributed by atoms with Gasteiger partial charge in [-0.2, -0.15) is 0 Å². The zero-order valence-electron chi connectivity index (χ0n) is 8.21. The second-order valence-corrected chi connectivity index (χ2v) is 3.97. The van der Waals surface area contributed by atoms with Gasteiger partial charge in [-0.1, -0.05) is 0 Å². The van der Waals surface area contributed by atoms with Gasteiger partial charge < -0.3 is 9.72 Å². The van der Waals surface area contributed by atoms with Crippen LogP contribution in [-0.2, 0) is 4.74 Å². The maximum Gasteiger partial charge on any atom is 0.338 e. The van der Waals surface area contributed by atoms with Crippen LogP contribution in [0.2, 0.25) is 0 Å². The van der Waals surface area contributed by atoms with E-state index in [1.165, 1.54) is 0 Å². The molecule has 1 N–H and O–H groups in total. The van der Waals surface area contributed by atoms with E-state index in [9.17, 15) is 4.79 Å². The van der Waals surface area contributed by atoms with Gasteiger partial charge in [0.05, 0.1) is 17.7 Å². The molecule has 1 aromatic heterocycles. The van der Waals surface area contributed by atoms with Crippen LogP contribution in [0.1, 0.15) is 17.3 Å². The number of fused-ring (bicyclic) bond motifs is 1. The van der Waals surface area contributed by atoms with Crippen LogP contribution in [0.15, 0.2) is 28.9 Å². The monoisotopic (exact) mass is 267 g/mol. The van der Waals surface area contributed by atoms with E-state index in [4.69, 9.17) is 4.74 Å². The van der Waals surface area contributed by atoms with Crippen LogP contribution >= 0.6 is 15.9 Å². The Morgan fingerprint density at radius 1 is 1.53 bits per heavy atom. The Morgan fingerprint density at radius 2 is 2.33 bits per heavy atom. The van der Waals surface area contributed by atoms with E-state index < -0.39 is 0 Å². The number of aromatic nitrogens is 1. The first kappa shape index (κ1) is 10.2. The van der Waals surface area contributed by atoms with E-state index in [0.717, 1.165) is 15.4 Å². The molecule has 78 valence electrons. The van der Waals surface area contributed by atoms with Crippen molar-refractivity contribution in [1.82, 2.24) is 4.98 Å². The van der Waals surface area contributed by atoms with E-state index in [-0.39, 0.29) is 5.97 Å². The van der Waals surface area contributed by atoms with E-state index in [0.29, 0.717) is 12.2 Å². The van der Waals surface area contributed by atoms with Gasteiger partial charge in [0, 0.05) is 16.1 Å². The van der Waals surface area contributed by atoms with E-state index in [1.807, 2.05) is 18.3 Å². The van der Waals surface area contributed by atoms with Crippen molar-refractivity contribution in [2.45, 2.75) is 6.92 Å². The van der Waals surface area contributed by atoms with E-state index in [2.05, 4.69) is 20.9 Å². The Bertz CT molecular complexity index is 504. The van der Waals surface area contributed by atoms with Crippen LogP contribution in [0.25, 0.3) is 10.9 Å². The predicted molar refractivity (Wildman–Crippen MR) is 62.0 cm³/mol. The zero-order valence-corrected chi connectivity index (χ0v) is 9.80. The first-order chi connectivity index (χ1) is 7.22. The lowest BCUT2D eigenvalue weighted by Gasteiger charge is -2.03. The fourth-order valence-electron chi connectivity index (χ4n) is 1.46. The van der Waals surface area contributed by atoms with Gasteiger partial charge in [-0.15, -0.1) is 0 Å². The maximum absolute atomic E-state index is 11.5. The normalized spacial score (nSPS) is 10.5. The molecule has 15 heavy (non-hydrogen) atoms. The van der Waals surface area contributed by atoms with Crippen LogP contribution in [0, 0.1) is 0 Å². The number of benzene rings is 1. The number of aromatic amines is 1. The molecule has 3 nitrogen and oxygen atoms in total. The highest BCUT2D eigenvalue weighted by atomic mass is 79.9. The number of carbonyl (C=O) groups excluding carboxylic acids is 1. The van der Waals surface area contributed by atoms with Crippen molar-refractivity contribution in [2.24, 2.45) is 0 Å². The summed E-state index contributed by atoms with van der Waals surface area (Å²) in [5, 5.41) is 0.993. The van der Waals surface area contributed by atoms with Crippen molar-refractivity contribution in [3.63, 3.8) is 0 Å². The van der Waals surface area contributed by atoms with Gasteiger partial charge in [-0.3, -0.25) is 0 Å². The minimum absolute atomic E-state index is 0.290. The number of H-pyrrole nitrogens is 1. The van der Waals surface area contributed by atoms with Gasteiger partial charge in [0.1, 0.15) is 0 Å². The second kappa shape index (κ2) is 4.06. The molecule has 0 fully saturated rings. The number of esters is 1. The Hall–Kier alpha value is -1.29. The molecule has 0 atom stereocenters. The largest absolute Gasteiger partial charge is 0.462 e. The van der Waals surface area contributed by atoms with Crippen LogP contribution in [0.4, 0.5) is 0 Å². The summed E-state index contributed by atoms with van der Waals surface area (Å²) in [7, 11) is 0. The molecule has 0 radical (unpaired) electrons. The summed E-state index contributed by atoms with van der Waals surface area (Å²) in [6.45, 7) is 2.18. The Kier molecular flexibility index (Phi) is 2.77. The smallest absolute Gasteiger partial charge is 0.338 e. The average molecular weight is 268 g/mol. The highest BCUT2D eigenvalue weighted by Gasteiger charge is 2.10. The lowest BCUT2D eigenvalue weighted by atomic mass is 10.1. The summed E-state index contributed by atoms with van der Waals surface area (Å²) in [5.74, 6) is -0.290. The zero-order chi connectivity index (χ0) is 10.8. The van der Waals surface area contributed by atoms with Crippen LogP contribution in [0.3, 0.4) is 0 Å². The molecule has 0 aliphatic carbocycles. The molecule has 0 unspecified atom stereocenters. The fraction of sp³-hybridized carbons (Fsp3) is 0.182. The van der Waals surface area contributed by atoms with Crippen molar-refractivity contribution in [3.05, 3.63) is 34.4 Å². The third-order valence-electron chi connectivity index (χ3n) is 2.12. The number of hydrogen-bond acceptors (Lipinski definition) is 2. The van der Waals surface area contributed by atoms with Gasteiger partial charge >= 0.3 is 5.97 Å². The number of ether oxygens (including phenoxy) is 1. The number of halogens is 1. The SMILES string of the molecule is CCOC(=O)c1cc(Br)c2[nH]ccc2c1. The van der Waals surface area contributed by atoms with Crippen molar-refractivity contribution >= 4 is 32.8 Å². The van der Waals surface area contributed by atoms with E-state index >= 15 is 0 Å². The minimum atomic E-state index is -0.290. The molecule has 1 heterocycles. The molecule has 0 spiro atoms. The first-order valence-corrected chi connectivity index (χ1v) is 5.45. The topological polar surface area (TPSA) is 42.1 Å². The second-order valence-electron chi connectivity index (χ2n) is 3.12. The van der Waals surface area contributed by atoms with Gasteiger partial charge in [-0.25, -0.2) is 4.79 Å². The molecule has 4 heteroatoms. The molecule has 0 aliphatic heterocycles. The van der Waals surface area contributed by atoms with Gasteiger partial charge in [0.2, 0.25) is 0 Å². The summed E-state index contributed by atoms with van der Waals surface area (Å²) >= 11 is 3.41. The third kappa shape index (κ3) is 1.90. The molecule has 0 amide bonds. The first-order valence-electron chi connectivity index (χ1n) is 4.66. The van der Waals surface area contributed by atoms with Crippen molar-refractivity contribution in [2.75, 3.05) is 6.61 Å². The summed E-state index contributed by atoms with van der Waals surface area (Å²) < 4.78 is 5.81. The predicted octanol–water partition coefficient (Wildman–Crippen LogP) is 3.11. The molecule has 0 bridgehead atoms. The van der Waals surface area contributed by atoms with E-state index in [1.54, 1.807) is 13.0 Å². The Balaban J connectivity index is 2.49. The molecular weight excluding hydrogens is 258 g/mol. The van der Waals surface area contributed by atoms with Gasteiger partial charge in [0.25, 0.3) is 0 Å². The summed E-state index contributed by atoms with van der Waals surface area (Å²) in [5.41, 5.74) is 1.55. The standard InChI is InChI=1S/C11H10BrNO2/c1-2-15-11(14)8-5-7-3-4-13-10(7)9(12)6-8/h3-6,13H,2H2,1H3. The number of nitrogens with one attached hydrogen (secondary N) is 1. The van der Waals surface area contributed by atoms with Gasteiger partial charge in [-0.05, 0) is 41.1 Å². The minimum Gasteiger partial charge on any atom is -0.462 e. The van der Waals surface area contributed by atoms with Crippen molar-refractivity contribution in [3.8, 4) is 0 Å². The summed E-state index contributed by atoms with van der Waals surface area (Å²) in [6, 6.07) is 5.49. The maximum atomic E-state index is 11.5. The molecule has 0 aliphatic rings. The van der Waals surface area contributed by atoms with Crippen molar-refractivity contribution < 1.29 is 9.53 Å². The van der Waals surface area contributed by atoms with Crippen LogP contribution < -0.4 is 0 Å². The molecule has 0 saturated carbocycles. The number of rotatable bonds is 2. The lowest BCUT2D eigenvalue weighted by molar-refractivity contribution is 0.0526. The Morgan fingerprint density at radius 3 is 3.07 bits per heavy atom. The highest BCUT2D eigenvalue weighted by molar-refractivity contribution is 9.10. The summed E-state index contributed by atoms with van der Waals surface area (Å²) in [6.07, 6.45) is 1.84. The average Bonchev–Trinajstić information content (AvgIpc) is 2.66. The molecule has 0 saturated heterocycles. The third-order valence-corrected chi connectivity index (χ3v) is 2.75. The lowest BCUT2D eigenvalue weighted by Crippen LogP contribution is -2.04. The van der Waals surface area contributed by atoms with Gasteiger partial charge in [0.15, 0.2) is 0 Å².